The lowest BCUT2D eigenvalue weighted by Crippen LogP contribution is -2.28. The van der Waals surface area contributed by atoms with Crippen molar-refractivity contribution in [2.24, 2.45) is 5.92 Å². The molecular formula is C12H17NO4S. The first-order valence-electron chi connectivity index (χ1n) is 5.64. The maximum Gasteiger partial charge on any atom is 0.307 e. The molecule has 1 heterocycles. The Labute approximate surface area is 110 Å². The summed E-state index contributed by atoms with van der Waals surface area (Å²) in [5.74, 6) is -0.0218. The van der Waals surface area contributed by atoms with Crippen molar-refractivity contribution < 1.29 is 19.1 Å². The van der Waals surface area contributed by atoms with Crippen LogP contribution in [-0.2, 0) is 9.59 Å². The standard InChI is InChI=1S/C12H17NO4S/c1-8(12(15)16)6-18-7-11(14)13-9(2)10-4-3-5-17-10/h3-5,8-9H,6-7H2,1-2H3,(H,13,14)(H,15,16). The van der Waals surface area contributed by atoms with Gasteiger partial charge in [0.2, 0.25) is 5.91 Å². The Kier molecular flexibility index (Phi) is 5.77. The Morgan fingerprint density at radius 2 is 2.22 bits per heavy atom. The van der Waals surface area contributed by atoms with E-state index in [-0.39, 0.29) is 17.7 Å². The average Bonchev–Trinajstić information content (AvgIpc) is 2.81. The fourth-order valence-electron chi connectivity index (χ4n) is 1.29. The van der Waals surface area contributed by atoms with E-state index >= 15 is 0 Å². The minimum Gasteiger partial charge on any atom is -0.481 e. The molecule has 100 valence electrons. The summed E-state index contributed by atoms with van der Waals surface area (Å²) < 4.78 is 5.17. The quantitative estimate of drug-likeness (QED) is 0.792. The van der Waals surface area contributed by atoms with Crippen LogP contribution in [0.15, 0.2) is 22.8 Å². The SMILES string of the molecule is CC(CSCC(=O)NC(C)c1ccco1)C(=O)O. The highest BCUT2D eigenvalue weighted by molar-refractivity contribution is 7.99. The van der Waals surface area contributed by atoms with E-state index in [4.69, 9.17) is 9.52 Å². The van der Waals surface area contributed by atoms with Gasteiger partial charge in [0, 0.05) is 5.75 Å². The van der Waals surface area contributed by atoms with Crippen molar-refractivity contribution >= 4 is 23.6 Å². The molecule has 0 aliphatic heterocycles. The van der Waals surface area contributed by atoms with E-state index in [2.05, 4.69) is 5.32 Å². The summed E-state index contributed by atoms with van der Waals surface area (Å²) >= 11 is 1.31. The van der Waals surface area contributed by atoms with Crippen molar-refractivity contribution in [2.45, 2.75) is 19.9 Å². The number of thioether (sulfide) groups is 1. The van der Waals surface area contributed by atoms with Crippen LogP contribution in [0.1, 0.15) is 25.6 Å². The van der Waals surface area contributed by atoms with E-state index < -0.39 is 11.9 Å². The zero-order valence-corrected chi connectivity index (χ0v) is 11.2. The van der Waals surface area contributed by atoms with Gasteiger partial charge in [0.05, 0.1) is 24.0 Å². The highest BCUT2D eigenvalue weighted by Crippen LogP contribution is 2.13. The zero-order chi connectivity index (χ0) is 13.5. The van der Waals surface area contributed by atoms with Crippen LogP contribution in [0.5, 0.6) is 0 Å². The number of carboxylic acid groups (broad SMARTS) is 1. The number of hydrogen-bond donors (Lipinski definition) is 2. The van der Waals surface area contributed by atoms with E-state index in [9.17, 15) is 9.59 Å². The molecule has 0 fully saturated rings. The number of carbonyl (C=O) groups excluding carboxylic acids is 1. The molecule has 2 N–H and O–H groups in total. The second kappa shape index (κ2) is 7.10. The third kappa shape index (κ3) is 4.83. The Hall–Kier alpha value is -1.43. The van der Waals surface area contributed by atoms with Crippen LogP contribution in [0, 0.1) is 5.92 Å². The number of hydrogen-bond acceptors (Lipinski definition) is 4. The summed E-state index contributed by atoms with van der Waals surface area (Å²) in [5, 5.41) is 11.5. The molecule has 0 aromatic carbocycles. The molecule has 1 aromatic rings. The summed E-state index contributed by atoms with van der Waals surface area (Å²) in [6.45, 7) is 3.46. The Morgan fingerprint density at radius 1 is 1.50 bits per heavy atom. The fourth-order valence-corrected chi connectivity index (χ4v) is 2.17. The van der Waals surface area contributed by atoms with E-state index in [0.717, 1.165) is 0 Å². The van der Waals surface area contributed by atoms with Gasteiger partial charge in [-0.05, 0) is 19.1 Å². The topological polar surface area (TPSA) is 79.5 Å². The molecule has 5 nitrogen and oxygen atoms in total. The van der Waals surface area contributed by atoms with Crippen molar-refractivity contribution in [3.63, 3.8) is 0 Å². The van der Waals surface area contributed by atoms with Gasteiger partial charge in [-0.2, -0.15) is 11.8 Å². The lowest BCUT2D eigenvalue weighted by Gasteiger charge is -2.11. The molecule has 1 aromatic heterocycles. The smallest absolute Gasteiger partial charge is 0.307 e. The van der Waals surface area contributed by atoms with Crippen molar-refractivity contribution in [1.29, 1.82) is 0 Å². The third-order valence-electron chi connectivity index (χ3n) is 2.37. The van der Waals surface area contributed by atoms with Crippen LogP contribution in [-0.4, -0.2) is 28.5 Å². The molecule has 0 spiro atoms. The second-order valence-corrected chi connectivity index (χ2v) is 5.09. The van der Waals surface area contributed by atoms with Crippen molar-refractivity contribution in [2.75, 3.05) is 11.5 Å². The number of nitrogens with one attached hydrogen (secondary N) is 1. The number of amides is 1. The summed E-state index contributed by atoms with van der Waals surface area (Å²) in [6, 6.07) is 3.39. The van der Waals surface area contributed by atoms with Gasteiger partial charge in [0.1, 0.15) is 5.76 Å². The van der Waals surface area contributed by atoms with Crippen LogP contribution in [0.25, 0.3) is 0 Å². The first-order valence-corrected chi connectivity index (χ1v) is 6.79. The summed E-state index contributed by atoms with van der Waals surface area (Å²) in [4.78, 5) is 22.2. The highest BCUT2D eigenvalue weighted by atomic mass is 32.2. The minimum absolute atomic E-state index is 0.124. The molecule has 0 aliphatic carbocycles. The Morgan fingerprint density at radius 3 is 2.78 bits per heavy atom. The second-order valence-electron chi connectivity index (χ2n) is 4.06. The largest absolute Gasteiger partial charge is 0.481 e. The average molecular weight is 271 g/mol. The van der Waals surface area contributed by atoms with Gasteiger partial charge in [0.15, 0.2) is 0 Å². The van der Waals surface area contributed by atoms with Gasteiger partial charge in [-0.3, -0.25) is 9.59 Å². The normalized spacial score (nSPS) is 13.9. The van der Waals surface area contributed by atoms with E-state index in [1.54, 1.807) is 25.3 Å². The summed E-state index contributed by atoms with van der Waals surface area (Å²) in [5.41, 5.74) is 0. The van der Waals surface area contributed by atoms with Gasteiger partial charge < -0.3 is 14.8 Å². The molecule has 0 saturated carbocycles. The first-order chi connectivity index (χ1) is 8.50. The molecule has 0 saturated heterocycles. The monoisotopic (exact) mass is 271 g/mol. The maximum atomic E-state index is 11.6. The van der Waals surface area contributed by atoms with E-state index in [1.807, 2.05) is 6.92 Å². The van der Waals surface area contributed by atoms with E-state index in [1.165, 1.54) is 11.8 Å². The molecule has 2 unspecified atom stereocenters. The molecule has 0 bridgehead atoms. The Bertz CT molecular complexity index is 391. The molecule has 0 aliphatic rings. The molecule has 0 radical (unpaired) electrons. The first kappa shape index (κ1) is 14.6. The maximum absolute atomic E-state index is 11.6. The van der Waals surface area contributed by atoms with Crippen LogP contribution in [0.4, 0.5) is 0 Å². The van der Waals surface area contributed by atoms with Crippen LogP contribution in [0.3, 0.4) is 0 Å². The number of furan rings is 1. The molecule has 1 rings (SSSR count). The number of rotatable bonds is 7. The molecule has 6 heteroatoms. The summed E-state index contributed by atoms with van der Waals surface area (Å²) in [7, 11) is 0. The van der Waals surface area contributed by atoms with E-state index in [0.29, 0.717) is 11.5 Å². The van der Waals surface area contributed by atoms with Gasteiger partial charge in [0.25, 0.3) is 0 Å². The van der Waals surface area contributed by atoms with Crippen molar-refractivity contribution in [3.8, 4) is 0 Å². The number of carboxylic acids is 1. The third-order valence-corrected chi connectivity index (χ3v) is 3.57. The molecular weight excluding hydrogens is 254 g/mol. The fraction of sp³-hybridized carbons (Fsp3) is 0.500. The summed E-state index contributed by atoms with van der Waals surface area (Å²) in [6.07, 6.45) is 1.56. The van der Waals surface area contributed by atoms with Gasteiger partial charge >= 0.3 is 5.97 Å². The lowest BCUT2D eigenvalue weighted by atomic mass is 10.2. The molecule has 18 heavy (non-hydrogen) atoms. The minimum atomic E-state index is -0.841. The van der Waals surface area contributed by atoms with Gasteiger partial charge in [-0.15, -0.1) is 0 Å². The number of carbonyl (C=O) groups is 2. The van der Waals surface area contributed by atoms with Gasteiger partial charge in [-0.1, -0.05) is 6.92 Å². The predicted molar refractivity (Wildman–Crippen MR) is 69.4 cm³/mol. The van der Waals surface area contributed by atoms with Crippen molar-refractivity contribution in [3.05, 3.63) is 24.2 Å². The molecule has 2 atom stereocenters. The number of aliphatic carboxylic acids is 1. The van der Waals surface area contributed by atoms with Crippen molar-refractivity contribution in [1.82, 2.24) is 5.32 Å². The van der Waals surface area contributed by atoms with Crippen LogP contribution >= 0.6 is 11.8 Å². The van der Waals surface area contributed by atoms with Gasteiger partial charge in [-0.25, -0.2) is 0 Å². The van der Waals surface area contributed by atoms with Crippen LogP contribution < -0.4 is 5.32 Å². The molecule has 1 amide bonds. The highest BCUT2D eigenvalue weighted by Gasteiger charge is 2.14. The zero-order valence-electron chi connectivity index (χ0n) is 10.4. The lowest BCUT2D eigenvalue weighted by molar-refractivity contribution is -0.140. The van der Waals surface area contributed by atoms with Crippen LogP contribution in [0.2, 0.25) is 0 Å². The predicted octanol–water partition coefficient (Wildman–Crippen LogP) is 1.91. The Balaban J connectivity index is 2.24.